The smallest absolute Gasteiger partial charge is 0.147 e. The molecular formula is C19H22N2O2. The number of fused-ring (bicyclic) bond motifs is 1. The van der Waals surface area contributed by atoms with E-state index in [2.05, 4.69) is 23.6 Å². The molecule has 3 aromatic rings. The van der Waals surface area contributed by atoms with Gasteiger partial charge in [0.25, 0.3) is 0 Å². The first kappa shape index (κ1) is 15.4. The number of imidazole rings is 1. The predicted molar refractivity (Wildman–Crippen MR) is 92.0 cm³/mol. The molecule has 2 aromatic carbocycles. The molecule has 0 aliphatic rings. The van der Waals surface area contributed by atoms with Crippen LogP contribution in [0.5, 0.6) is 11.5 Å². The summed E-state index contributed by atoms with van der Waals surface area (Å²) in [6, 6.07) is 15.9. The minimum Gasteiger partial charge on any atom is -0.497 e. The molecule has 120 valence electrons. The monoisotopic (exact) mass is 310 g/mol. The SMILES string of the molecule is CCCCn1c(COc2cccc(OC)c2)nc2ccccc21. The Morgan fingerprint density at radius 2 is 1.87 bits per heavy atom. The highest BCUT2D eigenvalue weighted by atomic mass is 16.5. The van der Waals surface area contributed by atoms with E-state index in [1.54, 1.807) is 7.11 Å². The molecule has 0 radical (unpaired) electrons. The summed E-state index contributed by atoms with van der Waals surface area (Å²) in [5.74, 6) is 2.54. The van der Waals surface area contributed by atoms with Crippen molar-refractivity contribution in [2.75, 3.05) is 7.11 Å². The van der Waals surface area contributed by atoms with E-state index in [1.807, 2.05) is 36.4 Å². The Morgan fingerprint density at radius 1 is 1.04 bits per heavy atom. The molecule has 0 unspecified atom stereocenters. The van der Waals surface area contributed by atoms with Crippen LogP contribution in [0.4, 0.5) is 0 Å². The van der Waals surface area contributed by atoms with Gasteiger partial charge in [-0.1, -0.05) is 31.5 Å². The fourth-order valence-electron chi connectivity index (χ4n) is 2.64. The van der Waals surface area contributed by atoms with Gasteiger partial charge >= 0.3 is 0 Å². The second-order valence-corrected chi connectivity index (χ2v) is 5.49. The van der Waals surface area contributed by atoms with Gasteiger partial charge in [0, 0.05) is 12.6 Å². The van der Waals surface area contributed by atoms with E-state index in [1.165, 1.54) is 5.52 Å². The average Bonchev–Trinajstić information content (AvgIpc) is 2.96. The Hall–Kier alpha value is -2.49. The molecule has 0 spiro atoms. The van der Waals surface area contributed by atoms with Crippen molar-refractivity contribution >= 4 is 11.0 Å². The first-order chi connectivity index (χ1) is 11.3. The molecule has 0 fully saturated rings. The van der Waals surface area contributed by atoms with E-state index in [9.17, 15) is 0 Å². The number of rotatable bonds is 7. The van der Waals surface area contributed by atoms with E-state index in [0.717, 1.165) is 42.2 Å². The Balaban J connectivity index is 1.83. The molecular weight excluding hydrogens is 288 g/mol. The largest absolute Gasteiger partial charge is 0.497 e. The highest BCUT2D eigenvalue weighted by molar-refractivity contribution is 5.75. The van der Waals surface area contributed by atoms with Crippen LogP contribution in [0.25, 0.3) is 11.0 Å². The van der Waals surface area contributed by atoms with Crippen molar-refractivity contribution in [3.05, 3.63) is 54.4 Å². The lowest BCUT2D eigenvalue weighted by molar-refractivity contribution is 0.287. The number of aryl methyl sites for hydroxylation is 1. The topological polar surface area (TPSA) is 36.3 Å². The van der Waals surface area contributed by atoms with E-state index in [4.69, 9.17) is 14.5 Å². The quantitative estimate of drug-likeness (QED) is 0.648. The minimum absolute atomic E-state index is 0.450. The molecule has 3 rings (SSSR count). The molecule has 0 aliphatic heterocycles. The normalized spacial score (nSPS) is 10.9. The van der Waals surface area contributed by atoms with Crippen molar-refractivity contribution in [1.29, 1.82) is 0 Å². The van der Waals surface area contributed by atoms with Crippen LogP contribution >= 0.6 is 0 Å². The van der Waals surface area contributed by atoms with Gasteiger partial charge in [0.05, 0.1) is 18.1 Å². The van der Waals surface area contributed by atoms with Crippen LogP contribution in [0.3, 0.4) is 0 Å². The lowest BCUT2D eigenvalue weighted by Crippen LogP contribution is -2.07. The summed E-state index contributed by atoms with van der Waals surface area (Å²) in [4.78, 5) is 4.73. The van der Waals surface area contributed by atoms with Gasteiger partial charge in [0.1, 0.15) is 23.9 Å². The van der Waals surface area contributed by atoms with Gasteiger partial charge in [-0.2, -0.15) is 0 Å². The second-order valence-electron chi connectivity index (χ2n) is 5.49. The van der Waals surface area contributed by atoms with Crippen molar-refractivity contribution < 1.29 is 9.47 Å². The van der Waals surface area contributed by atoms with Crippen LogP contribution in [-0.2, 0) is 13.2 Å². The van der Waals surface area contributed by atoms with Crippen LogP contribution in [0.1, 0.15) is 25.6 Å². The minimum atomic E-state index is 0.450. The van der Waals surface area contributed by atoms with Crippen molar-refractivity contribution in [1.82, 2.24) is 9.55 Å². The average molecular weight is 310 g/mol. The number of ether oxygens (including phenoxy) is 2. The molecule has 4 nitrogen and oxygen atoms in total. The van der Waals surface area contributed by atoms with E-state index in [-0.39, 0.29) is 0 Å². The van der Waals surface area contributed by atoms with E-state index < -0.39 is 0 Å². The standard InChI is InChI=1S/C19H22N2O2/c1-3-4-12-21-18-11-6-5-10-17(18)20-19(21)14-23-16-9-7-8-15(13-16)22-2/h5-11,13H,3-4,12,14H2,1-2H3. The number of hydrogen-bond donors (Lipinski definition) is 0. The highest BCUT2D eigenvalue weighted by Gasteiger charge is 2.10. The van der Waals surface area contributed by atoms with E-state index >= 15 is 0 Å². The molecule has 4 heteroatoms. The Labute approximate surface area is 136 Å². The molecule has 1 aromatic heterocycles. The van der Waals surface area contributed by atoms with Crippen LogP contribution in [0, 0.1) is 0 Å². The third kappa shape index (κ3) is 3.47. The second kappa shape index (κ2) is 7.18. The highest BCUT2D eigenvalue weighted by Crippen LogP contribution is 2.22. The summed E-state index contributed by atoms with van der Waals surface area (Å²) in [6.07, 6.45) is 2.29. The van der Waals surface area contributed by atoms with Crippen LogP contribution < -0.4 is 9.47 Å². The van der Waals surface area contributed by atoms with Gasteiger partial charge in [-0.15, -0.1) is 0 Å². The Kier molecular flexibility index (Phi) is 4.81. The molecule has 0 saturated heterocycles. The molecule has 0 amide bonds. The van der Waals surface area contributed by atoms with Crippen molar-refractivity contribution in [3.63, 3.8) is 0 Å². The van der Waals surface area contributed by atoms with Crippen LogP contribution in [0.2, 0.25) is 0 Å². The fourth-order valence-corrected chi connectivity index (χ4v) is 2.64. The van der Waals surface area contributed by atoms with Crippen LogP contribution in [0.15, 0.2) is 48.5 Å². The van der Waals surface area contributed by atoms with Gasteiger partial charge < -0.3 is 14.0 Å². The third-order valence-corrected chi connectivity index (χ3v) is 3.88. The molecule has 0 saturated carbocycles. The van der Waals surface area contributed by atoms with Crippen molar-refractivity contribution in [2.45, 2.75) is 32.9 Å². The first-order valence-electron chi connectivity index (χ1n) is 8.03. The predicted octanol–water partition coefficient (Wildman–Crippen LogP) is 4.42. The fraction of sp³-hybridized carbons (Fsp3) is 0.316. The Bertz CT molecular complexity index is 780. The number of aromatic nitrogens is 2. The third-order valence-electron chi connectivity index (χ3n) is 3.88. The zero-order valence-corrected chi connectivity index (χ0v) is 13.7. The molecule has 23 heavy (non-hydrogen) atoms. The summed E-state index contributed by atoms with van der Waals surface area (Å²) in [6.45, 7) is 3.62. The van der Waals surface area contributed by atoms with Gasteiger partial charge in [0.15, 0.2) is 0 Å². The maximum absolute atomic E-state index is 5.92. The number of para-hydroxylation sites is 2. The summed E-state index contributed by atoms with van der Waals surface area (Å²) in [5.41, 5.74) is 2.19. The maximum atomic E-state index is 5.92. The number of methoxy groups -OCH3 is 1. The molecule has 0 N–H and O–H groups in total. The summed E-state index contributed by atoms with van der Waals surface area (Å²) < 4.78 is 13.4. The van der Waals surface area contributed by atoms with Crippen LogP contribution in [-0.4, -0.2) is 16.7 Å². The van der Waals surface area contributed by atoms with Gasteiger partial charge in [-0.25, -0.2) is 4.98 Å². The number of nitrogens with zero attached hydrogens (tertiary/aromatic N) is 2. The maximum Gasteiger partial charge on any atom is 0.147 e. The summed E-state index contributed by atoms with van der Waals surface area (Å²) in [5, 5.41) is 0. The number of benzene rings is 2. The lowest BCUT2D eigenvalue weighted by atomic mass is 10.3. The summed E-state index contributed by atoms with van der Waals surface area (Å²) >= 11 is 0. The molecule has 0 atom stereocenters. The van der Waals surface area contributed by atoms with Crippen molar-refractivity contribution in [3.8, 4) is 11.5 Å². The van der Waals surface area contributed by atoms with Gasteiger partial charge in [0.2, 0.25) is 0 Å². The number of unbranched alkanes of at least 4 members (excludes halogenated alkanes) is 1. The van der Waals surface area contributed by atoms with Gasteiger partial charge in [-0.3, -0.25) is 0 Å². The van der Waals surface area contributed by atoms with Crippen molar-refractivity contribution in [2.24, 2.45) is 0 Å². The zero-order chi connectivity index (χ0) is 16.1. The van der Waals surface area contributed by atoms with Gasteiger partial charge in [-0.05, 0) is 30.7 Å². The van der Waals surface area contributed by atoms with E-state index in [0.29, 0.717) is 6.61 Å². The molecule has 0 bridgehead atoms. The Morgan fingerprint density at radius 3 is 2.70 bits per heavy atom. The number of hydrogen-bond acceptors (Lipinski definition) is 3. The first-order valence-corrected chi connectivity index (χ1v) is 8.03. The summed E-state index contributed by atoms with van der Waals surface area (Å²) in [7, 11) is 1.66. The molecule has 1 heterocycles. The zero-order valence-electron chi connectivity index (χ0n) is 13.7. The molecule has 0 aliphatic carbocycles. The lowest BCUT2D eigenvalue weighted by Gasteiger charge is -2.10.